The lowest BCUT2D eigenvalue weighted by Crippen LogP contribution is -2.48. The number of carbonyl (C=O) groups excluding carboxylic acids is 1. The second-order valence-electron chi connectivity index (χ2n) is 4.82. The van der Waals surface area contributed by atoms with Crippen LogP contribution >= 0.6 is 0 Å². The van der Waals surface area contributed by atoms with Gasteiger partial charge in [-0.3, -0.25) is 4.79 Å². The van der Waals surface area contributed by atoms with Crippen LogP contribution in [0.5, 0.6) is 0 Å². The molecule has 1 fully saturated rings. The maximum atomic E-state index is 11.5. The zero-order chi connectivity index (χ0) is 12.8. The number of carbonyl (C=O) groups is 2. The highest BCUT2D eigenvalue weighted by atomic mass is 16.4. The van der Waals surface area contributed by atoms with Crippen molar-refractivity contribution in [2.75, 3.05) is 0 Å². The first-order chi connectivity index (χ1) is 8.02. The van der Waals surface area contributed by atoms with Crippen LogP contribution in [-0.2, 0) is 4.79 Å². The summed E-state index contributed by atoms with van der Waals surface area (Å²) in [7, 11) is 0. The van der Waals surface area contributed by atoms with E-state index < -0.39 is 12.0 Å². The standard InChI is InChI=1S/C12H22N2O3/c1-3-9-5-4-6-10(7-9)14-12(17)13-8(2)11(15)16/h8-10H,3-7H2,1-2H3,(H,15,16)(H2,13,14,17)/t8-,9?,10?/m0/s1. The molecule has 0 aromatic rings. The summed E-state index contributed by atoms with van der Waals surface area (Å²) >= 11 is 0. The van der Waals surface area contributed by atoms with E-state index in [9.17, 15) is 9.59 Å². The molecular weight excluding hydrogens is 220 g/mol. The number of hydrogen-bond acceptors (Lipinski definition) is 2. The maximum absolute atomic E-state index is 11.5. The minimum Gasteiger partial charge on any atom is -0.480 e. The molecule has 0 saturated heterocycles. The normalized spacial score (nSPS) is 26.0. The van der Waals surface area contributed by atoms with Gasteiger partial charge < -0.3 is 15.7 Å². The van der Waals surface area contributed by atoms with Crippen LogP contribution in [0, 0.1) is 5.92 Å². The molecule has 2 amide bonds. The van der Waals surface area contributed by atoms with E-state index in [-0.39, 0.29) is 12.1 Å². The number of amides is 2. The first kappa shape index (κ1) is 13.8. The quantitative estimate of drug-likeness (QED) is 0.702. The van der Waals surface area contributed by atoms with E-state index >= 15 is 0 Å². The molecule has 0 heterocycles. The molecule has 17 heavy (non-hydrogen) atoms. The second-order valence-corrected chi connectivity index (χ2v) is 4.82. The van der Waals surface area contributed by atoms with Gasteiger partial charge in [0.15, 0.2) is 0 Å². The molecule has 0 radical (unpaired) electrons. The smallest absolute Gasteiger partial charge is 0.325 e. The first-order valence-corrected chi connectivity index (χ1v) is 6.32. The molecule has 98 valence electrons. The van der Waals surface area contributed by atoms with Crippen LogP contribution in [-0.4, -0.2) is 29.2 Å². The van der Waals surface area contributed by atoms with Crippen LogP contribution in [0.1, 0.15) is 46.0 Å². The molecule has 3 atom stereocenters. The monoisotopic (exact) mass is 242 g/mol. The Morgan fingerprint density at radius 1 is 1.41 bits per heavy atom. The van der Waals surface area contributed by atoms with E-state index in [1.54, 1.807) is 0 Å². The predicted octanol–water partition coefficient (Wildman–Crippen LogP) is 1.73. The van der Waals surface area contributed by atoms with Gasteiger partial charge in [0, 0.05) is 6.04 Å². The van der Waals surface area contributed by atoms with E-state index in [1.165, 1.54) is 13.3 Å². The molecule has 1 saturated carbocycles. The molecular formula is C12H22N2O3. The Balaban J connectivity index is 2.33. The summed E-state index contributed by atoms with van der Waals surface area (Å²) < 4.78 is 0. The average Bonchev–Trinajstić information content (AvgIpc) is 2.28. The average molecular weight is 242 g/mol. The molecule has 1 aliphatic rings. The van der Waals surface area contributed by atoms with Gasteiger partial charge in [0.1, 0.15) is 6.04 Å². The van der Waals surface area contributed by atoms with Crippen molar-refractivity contribution in [3.05, 3.63) is 0 Å². The summed E-state index contributed by atoms with van der Waals surface area (Å²) in [6, 6.07) is -1.03. The molecule has 0 spiro atoms. The lowest BCUT2D eigenvalue weighted by Gasteiger charge is -2.29. The molecule has 1 rings (SSSR count). The minimum atomic E-state index is -1.02. The van der Waals surface area contributed by atoms with Gasteiger partial charge in [-0.15, -0.1) is 0 Å². The third-order valence-corrected chi connectivity index (χ3v) is 3.41. The van der Waals surface area contributed by atoms with E-state index in [0.717, 1.165) is 25.7 Å². The predicted molar refractivity (Wildman–Crippen MR) is 64.8 cm³/mol. The summed E-state index contributed by atoms with van der Waals surface area (Å²) in [6.07, 6.45) is 5.52. The third-order valence-electron chi connectivity index (χ3n) is 3.41. The fourth-order valence-corrected chi connectivity index (χ4v) is 2.28. The fraction of sp³-hybridized carbons (Fsp3) is 0.833. The molecule has 0 aliphatic heterocycles. The number of hydrogen-bond donors (Lipinski definition) is 3. The SMILES string of the molecule is CCC1CCCC(NC(=O)N[C@@H](C)C(=O)O)C1. The van der Waals surface area contributed by atoms with Crippen molar-refractivity contribution in [3.63, 3.8) is 0 Å². The van der Waals surface area contributed by atoms with Gasteiger partial charge in [-0.1, -0.05) is 26.2 Å². The Bertz CT molecular complexity index is 281. The highest BCUT2D eigenvalue weighted by molar-refractivity contribution is 5.82. The van der Waals surface area contributed by atoms with Crippen molar-refractivity contribution in [2.24, 2.45) is 5.92 Å². The topological polar surface area (TPSA) is 78.4 Å². The third kappa shape index (κ3) is 4.63. The number of carboxylic acid groups (broad SMARTS) is 1. The van der Waals surface area contributed by atoms with E-state index in [2.05, 4.69) is 17.6 Å². The summed E-state index contributed by atoms with van der Waals surface area (Å²) in [6.45, 7) is 3.62. The van der Waals surface area contributed by atoms with Crippen LogP contribution in [0.4, 0.5) is 4.79 Å². The van der Waals surface area contributed by atoms with Gasteiger partial charge in [-0.25, -0.2) is 4.79 Å². The van der Waals surface area contributed by atoms with Crippen molar-refractivity contribution in [2.45, 2.75) is 58.0 Å². The Kier molecular flexibility index (Phi) is 5.25. The Labute approximate surface area is 102 Å². The summed E-state index contributed by atoms with van der Waals surface area (Å²) in [4.78, 5) is 22.1. The highest BCUT2D eigenvalue weighted by Gasteiger charge is 2.23. The first-order valence-electron chi connectivity index (χ1n) is 6.32. The van der Waals surface area contributed by atoms with Crippen LogP contribution in [0.2, 0.25) is 0 Å². The van der Waals surface area contributed by atoms with Crippen molar-refractivity contribution >= 4 is 12.0 Å². The molecule has 0 bridgehead atoms. The van der Waals surface area contributed by atoms with Gasteiger partial charge in [0.2, 0.25) is 0 Å². The van der Waals surface area contributed by atoms with Crippen LogP contribution in [0.15, 0.2) is 0 Å². The van der Waals surface area contributed by atoms with Gasteiger partial charge in [-0.05, 0) is 25.7 Å². The van der Waals surface area contributed by atoms with Crippen molar-refractivity contribution in [1.29, 1.82) is 0 Å². The van der Waals surface area contributed by atoms with E-state index in [1.807, 2.05) is 0 Å². The maximum Gasteiger partial charge on any atom is 0.325 e. The number of rotatable bonds is 4. The molecule has 0 aromatic carbocycles. The van der Waals surface area contributed by atoms with Crippen molar-refractivity contribution in [1.82, 2.24) is 10.6 Å². The number of nitrogens with one attached hydrogen (secondary N) is 2. The molecule has 3 N–H and O–H groups in total. The van der Waals surface area contributed by atoms with E-state index in [4.69, 9.17) is 5.11 Å². The number of aliphatic carboxylic acids is 1. The summed E-state index contributed by atoms with van der Waals surface area (Å²) in [5.74, 6) is -0.332. The zero-order valence-electron chi connectivity index (χ0n) is 10.5. The molecule has 5 heteroatoms. The van der Waals surface area contributed by atoms with Crippen LogP contribution < -0.4 is 10.6 Å². The highest BCUT2D eigenvalue weighted by Crippen LogP contribution is 2.26. The largest absolute Gasteiger partial charge is 0.480 e. The van der Waals surface area contributed by atoms with E-state index in [0.29, 0.717) is 5.92 Å². The van der Waals surface area contributed by atoms with Crippen LogP contribution in [0.25, 0.3) is 0 Å². The second kappa shape index (κ2) is 6.47. The molecule has 1 aliphatic carbocycles. The molecule has 5 nitrogen and oxygen atoms in total. The van der Waals surface area contributed by atoms with Gasteiger partial charge >= 0.3 is 12.0 Å². The Morgan fingerprint density at radius 2 is 2.12 bits per heavy atom. The number of carboxylic acids is 1. The zero-order valence-corrected chi connectivity index (χ0v) is 10.5. The minimum absolute atomic E-state index is 0.190. The molecule has 0 aromatic heterocycles. The van der Waals surface area contributed by atoms with Gasteiger partial charge in [0.05, 0.1) is 0 Å². The fourth-order valence-electron chi connectivity index (χ4n) is 2.28. The lowest BCUT2D eigenvalue weighted by atomic mass is 9.84. The van der Waals surface area contributed by atoms with Crippen molar-refractivity contribution < 1.29 is 14.7 Å². The molecule has 2 unspecified atom stereocenters. The number of urea groups is 1. The van der Waals surface area contributed by atoms with Crippen molar-refractivity contribution in [3.8, 4) is 0 Å². The lowest BCUT2D eigenvalue weighted by molar-refractivity contribution is -0.138. The van der Waals surface area contributed by atoms with Gasteiger partial charge in [0.25, 0.3) is 0 Å². The van der Waals surface area contributed by atoms with Gasteiger partial charge in [-0.2, -0.15) is 0 Å². The van der Waals surface area contributed by atoms with Crippen LogP contribution in [0.3, 0.4) is 0 Å². The Morgan fingerprint density at radius 3 is 2.71 bits per heavy atom. The summed E-state index contributed by atoms with van der Waals surface area (Å²) in [5.41, 5.74) is 0. The summed E-state index contributed by atoms with van der Waals surface area (Å²) in [5, 5.41) is 13.9. The Hall–Kier alpha value is -1.26.